The minimum absolute atomic E-state index is 0.104. The van der Waals surface area contributed by atoms with Crippen LogP contribution in [0.15, 0.2) is 65.1 Å². The molecule has 1 aliphatic rings. The van der Waals surface area contributed by atoms with Gasteiger partial charge in [0.2, 0.25) is 0 Å². The molecule has 8 heteroatoms. The summed E-state index contributed by atoms with van der Waals surface area (Å²) in [5, 5.41) is 5.66. The molecule has 2 heterocycles. The maximum atomic E-state index is 14.0. The number of hydrogen-bond donors (Lipinski definition) is 2. The lowest BCUT2D eigenvalue weighted by atomic mass is 10.1. The number of benzene rings is 2. The summed E-state index contributed by atoms with van der Waals surface area (Å²) in [5.41, 5.74) is 1.47. The molecule has 35 heavy (non-hydrogen) atoms. The molecule has 1 atom stereocenters. The number of nitrogens with zero attached hydrogens (tertiary/aromatic N) is 1. The third-order valence-electron chi connectivity index (χ3n) is 5.68. The fraction of sp³-hybridized carbons (Fsp3) is 0.333. The summed E-state index contributed by atoms with van der Waals surface area (Å²) in [7, 11) is 0. The fourth-order valence-corrected chi connectivity index (χ4v) is 3.99. The first-order chi connectivity index (χ1) is 16.7. The topological polar surface area (TPSA) is 83.8 Å². The van der Waals surface area contributed by atoms with Gasteiger partial charge >= 0.3 is 6.09 Å². The molecule has 2 aromatic carbocycles. The van der Waals surface area contributed by atoms with Crippen LogP contribution in [0.4, 0.5) is 20.6 Å². The molecule has 184 valence electrons. The van der Waals surface area contributed by atoms with Crippen LogP contribution in [0.25, 0.3) is 11.3 Å². The van der Waals surface area contributed by atoms with Gasteiger partial charge in [-0.3, -0.25) is 4.79 Å². The first kappa shape index (κ1) is 24.3. The van der Waals surface area contributed by atoms with Gasteiger partial charge in [0.15, 0.2) is 5.76 Å². The molecule has 2 N–H and O–H groups in total. The lowest BCUT2D eigenvalue weighted by Gasteiger charge is -2.21. The number of amides is 2. The van der Waals surface area contributed by atoms with Crippen LogP contribution in [-0.2, 0) is 4.74 Å². The second-order valence-electron chi connectivity index (χ2n) is 9.63. The van der Waals surface area contributed by atoms with Gasteiger partial charge < -0.3 is 24.7 Å². The first-order valence-electron chi connectivity index (χ1n) is 11.7. The van der Waals surface area contributed by atoms with Crippen LogP contribution in [0.5, 0.6) is 0 Å². The minimum atomic E-state index is -0.512. The smallest absolute Gasteiger partial charge is 0.407 e. The average Bonchev–Trinajstić information content (AvgIpc) is 3.48. The summed E-state index contributed by atoms with van der Waals surface area (Å²) in [6.45, 7) is 7.80. The van der Waals surface area contributed by atoms with Crippen LogP contribution in [0, 0.1) is 11.7 Å². The Morgan fingerprint density at radius 2 is 1.83 bits per heavy atom. The second kappa shape index (κ2) is 10.2. The molecule has 1 aromatic heterocycles. The molecular formula is C27H30FN3O4. The predicted octanol–water partition coefficient (Wildman–Crippen LogP) is 5.69. The van der Waals surface area contributed by atoms with Gasteiger partial charge in [-0.05, 0) is 81.6 Å². The van der Waals surface area contributed by atoms with Crippen LogP contribution in [0.2, 0.25) is 0 Å². The highest BCUT2D eigenvalue weighted by Gasteiger charge is 2.24. The molecule has 2 amide bonds. The number of anilines is 2. The molecular weight excluding hydrogens is 449 g/mol. The Hall–Kier alpha value is -3.81. The number of rotatable bonds is 6. The Labute approximate surface area is 204 Å². The molecule has 1 aliphatic heterocycles. The molecule has 1 unspecified atom stereocenters. The van der Waals surface area contributed by atoms with E-state index in [1.807, 2.05) is 45.0 Å². The van der Waals surface area contributed by atoms with E-state index in [0.717, 1.165) is 25.2 Å². The maximum Gasteiger partial charge on any atom is 0.407 e. The van der Waals surface area contributed by atoms with E-state index < -0.39 is 23.4 Å². The van der Waals surface area contributed by atoms with Crippen LogP contribution in [-0.4, -0.2) is 37.2 Å². The standard InChI is InChI=1S/C27H30FN3O4/c1-27(2,3)35-26(33)29-16-18-14-15-31(17-18)20-10-8-19(9-11-20)30-25(32)24-13-12-23(34-24)21-6-4-5-7-22(21)28/h4-13,18H,14-17H2,1-3H3,(H,29,33)(H,30,32). The number of furan rings is 1. The van der Waals surface area contributed by atoms with Crippen molar-refractivity contribution in [1.82, 2.24) is 5.32 Å². The normalized spacial score (nSPS) is 15.7. The van der Waals surface area contributed by atoms with E-state index >= 15 is 0 Å². The highest BCUT2D eigenvalue weighted by molar-refractivity contribution is 6.02. The van der Waals surface area contributed by atoms with Crippen molar-refractivity contribution >= 4 is 23.4 Å². The zero-order valence-corrected chi connectivity index (χ0v) is 20.1. The number of carbonyl (C=O) groups excluding carboxylic acids is 2. The van der Waals surface area contributed by atoms with E-state index in [4.69, 9.17) is 9.15 Å². The second-order valence-corrected chi connectivity index (χ2v) is 9.63. The van der Waals surface area contributed by atoms with E-state index in [0.29, 0.717) is 29.5 Å². The van der Waals surface area contributed by atoms with Gasteiger partial charge in [-0.1, -0.05) is 12.1 Å². The molecule has 1 fully saturated rings. The lowest BCUT2D eigenvalue weighted by Crippen LogP contribution is -2.36. The van der Waals surface area contributed by atoms with E-state index in [1.165, 1.54) is 12.1 Å². The summed E-state index contributed by atoms with van der Waals surface area (Å²) in [6, 6.07) is 16.9. The number of carbonyl (C=O) groups is 2. The first-order valence-corrected chi connectivity index (χ1v) is 11.7. The zero-order chi connectivity index (χ0) is 25.0. The van der Waals surface area contributed by atoms with Crippen molar-refractivity contribution in [3.63, 3.8) is 0 Å². The highest BCUT2D eigenvalue weighted by atomic mass is 19.1. The van der Waals surface area contributed by atoms with Crippen molar-refractivity contribution in [2.45, 2.75) is 32.8 Å². The molecule has 3 aromatic rings. The van der Waals surface area contributed by atoms with Crippen molar-refractivity contribution < 1.29 is 23.1 Å². The summed E-state index contributed by atoms with van der Waals surface area (Å²) < 4.78 is 24.8. The van der Waals surface area contributed by atoms with Crippen molar-refractivity contribution in [2.24, 2.45) is 5.92 Å². The maximum absolute atomic E-state index is 14.0. The third-order valence-corrected chi connectivity index (χ3v) is 5.68. The van der Waals surface area contributed by atoms with Gasteiger partial charge in [0.25, 0.3) is 5.91 Å². The molecule has 0 bridgehead atoms. The Kier molecular flexibility index (Phi) is 7.10. The monoisotopic (exact) mass is 479 g/mol. The largest absolute Gasteiger partial charge is 0.451 e. The van der Waals surface area contributed by atoms with Crippen molar-refractivity contribution in [3.8, 4) is 11.3 Å². The Morgan fingerprint density at radius 1 is 1.09 bits per heavy atom. The van der Waals surface area contributed by atoms with E-state index in [9.17, 15) is 14.0 Å². The van der Waals surface area contributed by atoms with Gasteiger partial charge in [0.05, 0.1) is 5.56 Å². The summed E-state index contributed by atoms with van der Waals surface area (Å²) in [6.07, 6.45) is 0.575. The molecule has 0 spiro atoms. The van der Waals surface area contributed by atoms with Crippen LogP contribution < -0.4 is 15.5 Å². The van der Waals surface area contributed by atoms with Crippen molar-refractivity contribution in [2.75, 3.05) is 29.9 Å². The number of alkyl carbamates (subject to hydrolysis) is 1. The Morgan fingerprint density at radius 3 is 2.54 bits per heavy atom. The predicted molar refractivity (Wildman–Crippen MR) is 133 cm³/mol. The van der Waals surface area contributed by atoms with Gasteiger partial charge in [-0.15, -0.1) is 0 Å². The average molecular weight is 480 g/mol. The number of halogens is 1. The Balaban J connectivity index is 1.29. The lowest BCUT2D eigenvalue weighted by molar-refractivity contribution is 0.0520. The molecule has 7 nitrogen and oxygen atoms in total. The number of hydrogen-bond acceptors (Lipinski definition) is 5. The zero-order valence-electron chi connectivity index (χ0n) is 20.1. The fourth-order valence-electron chi connectivity index (χ4n) is 3.99. The summed E-state index contributed by atoms with van der Waals surface area (Å²) in [5.74, 6) is -0.0750. The molecule has 0 aliphatic carbocycles. The van der Waals surface area contributed by atoms with Gasteiger partial charge in [-0.2, -0.15) is 0 Å². The molecule has 4 rings (SSSR count). The van der Waals surface area contributed by atoms with Crippen molar-refractivity contribution in [1.29, 1.82) is 0 Å². The molecule has 0 radical (unpaired) electrons. The van der Waals surface area contributed by atoms with E-state index in [-0.39, 0.29) is 5.76 Å². The van der Waals surface area contributed by atoms with Crippen LogP contribution in [0.1, 0.15) is 37.7 Å². The van der Waals surface area contributed by atoms with Crippen LogP contribution >= 0.6 is 0 Å². The highest BCUT2D eigenvalue weighted by Crippen LogP contribution is 2.27. The quantitative estimate of drug-likeness (QED) is 0.475. The van der Waals surface area contributed by atoms with E-state index in [1.54, 1.807) is 24.3 Å². The summed E-state index contributed by atoms with van der Waals surface area (Å²) >= 11 is 0. The van der Waals surface area contributed by atoms with Crippen molar-refractivity contribution in [3.05, 3.63) is 72.2 Å². The third kappa shape index (κ3) is 6.41. The van der Waals surface area contributed by atoms with Crippen LogP contribution in [0.3, 0.4) is 0 Å². The van der Waals surface area contributed by atoms with Gasteiger partial charge in [0, 0.05) is 31.0 Å². The summed E-state index contributed by atoms with van der Waals surface area (Å²) in [4.78, 5) is 26.7. The van der Waals surface area contributed by atoms with Gasteiger partial charge in [-0.25, -0.2) is 9.18 Å². The number of ether oxygens (including phenoxy) is 1. The number of nitrogens with one attached hydrogen (secondary N) is 2. The molecule has 0 saturated carbocycles. The van der Waals surface area contributed by atoms with Gasteiger partial charge in [0.1, 0.15) is 17.2 Å². The minimum Gasteiger partial charge on any atom is -0.451 e. The molecule has 1 saturated heterocycles. The van der Waals surface area contributed by atoms with E-state index in [2.05, 4.69) is 15.5 Å². The SMILES string of the molecule is CC(C)(C)OC(=O)NCC1CCN(c2ccc(NC(=O)c3ccc(-c4ccccc4F)o3)cc2)C1. The Bertz CT molecular complexity index is 1180.